The van der Waals surface area contributed by atoms with Crippen LogP contribution in [-0.4, -0.2) is 23.1 Å². The van der Waals surface area contributed by atoms with E-state index in [1.54, 1.807) is 39.8 Å². The summed E-state index contributed by atoms with van der Waals surface area (Å²) < 4.78 is 5.58. The number of alkyl carbamates (subject to hydrolysis) is 1. The number of hydrogen-bond donors (Lipinski definition) is 2. The molecule has 0 radical (unpaired) electrons. The normalized spacial score (nSPS) is 14.2. The van der Waals surface area contributed by atoms with Crippen LogP contribution in [0.5, 0.6) is 5.75 Å². The topological polar surface area (TPSA) is 75.6 Å². The average molecular weight is 344 g/mol. The third-order valence-electron chi connectivity index (χ3n) is 2.54. The zero-order chi connectivity index (χ0) is 15.6. The van der Waals surface area contributed by atoms with E-state index in [0.29, 0.717) is 16.3 Å². The number of phenolic OH excluding ortho intramolecular Hbond substituents is 1. The van der Waals surface area contributed by atoms with E-state index in [9.17, 15) is 14.7 Å². The molecule has 0 aliphatic heterocycles. The molecule has 20 heavy (non-hydrogen) atoms. The molecule has 0 aliphatic carbocycles. The van der Waals surface area contributed by atoms with Gasteiger partial charge in [-0.05, 0) is 61.3 Å². The number of ether oxygens (including phenoxy) is 1. The Balaban J connectivity index is 2.99. The van der Waals surface area contributed by atoms with Crippen LogP contribution in [0.25, 0.3) is 0 Å². The van der Waals surface area contributed by atoms with Gasteiger partial charge in [-0.1, -0.05) is 6.07 Å². The second-order valence-electron chi connectivity index (χ2n) is 5.61. The molecule has 0 spiro atoms. The third kappa shape index (κ3) is 4.23. The number of halogens is 1. The van der Waals surface area contributed by atoms with Gasteiger partial charge in [0.15, 0.2) is 0 Å². The van der Waals surface area contributed by atoms with Gasteiger partial charge in [-0.25, -0.2) is 4.79 Å². The average Bonchev–Trinajstić information content (AvgIpc) is 2.29. The Kier molecular flexibility index (Phi) is 4.81. The van der Waals surface area contributed by atoms with Crippen LogP contribution in [0.2, 0.25) is 0 Å². The number of aromatic hydroxyl groups is 1. The van der Waals surface area contributed by atoms with Gasteiger partial charge in [0.25, 0.3) is 0 Å². The predicted molar refractivity (Wildman–Crippen MR) is 78.6 cm³/mol. The lowest BCUT2D eigenvalue weighted by Gasteiger charge is -2.28. The molecule has 0 bridgehead atoms. The van der Waals surface area contributed by atoms with Crippen molar-refractivity contribution < 1.29 is 19.4 Å². The van der Waals surface area contributed by atoms with Gasteiger partial charge in [0.05, 0.1) is 4.47 Å². The first kappa shape index (κ1) is 16.5. The number of amides is 1. The van der Waals surface area contributed by atoms with Crippen LogP contribution in [-0.2, 0) is 15.1 Å². The molecular weight excluding hydrogens is 326 g/mol. The van der Waals surface area contributed by atoms with Gasteiger partial charge in [-0.3, -0.25) is 0 Å². The van der Waals surface area contributed by atoms with Crippen molar-refractivity contribution in [3.8, 4) is 5.75 Å². The molecule has 2 N–H and O–H groups in total. The maximum absolute atomic E-state index is 11.8. The molecule has 0 aliphatic rings. The van der Waals surface area contributed by atoms with Crippen molar-refractivity contribution in [2.45, 2.75) is 38.8 Å². The fourth-order valence-electron chi connectivity index (χ4n) is 1.52. The molecule has 1 aromatic carbocycles. The Hall–Kier alpha value is -1.56. The number of nitrogens with one attached hydrogen (secondary N) is 1. The van der Waals surface area contributed by atoms with Crippen molar-refractivity contribution in [3.05, 3.63) is 28.2 Å². The Morgan fingerprint density at radius 1 is 1.35 bits per heavy atom. The number of phenols is 1. The fraction of sp³-hybridized carbons (Fsp3) is 0.429. The molecule has 0 saturated heterocycles. The van der Waals surface area contributed by atoms with Gasteiger partial charge in [-0.15, -0.1) is 0 Å². The van der Waals surface area contributed by atoms with Crippen LogP contribution in [0.15, 0.2) is 22.7 Å². The van der Waals surface area contributed by atoms with Crippen molar-refractivity contribution in [1.29, 1.82) is 0 Å². The zero-order valence-corrected chi connectivity index (χ0v) is 13.4. The first-order chi connectivity index (χ1) is 9.07. The monoisotopic (exact) mass is 343 g/mol. The number of benzene rings is 1. The molecule has 6 heteroatoms. The summed E-state index contributed by atoms with van der Waals surface area (Å²) in [6.45, 7) is 6.77. The van der Waals surface area contributed by atoms with Crippen molar-refractivity contribution in [2.75, 3.05) is 0 Å². The second kappa shape index (κ2) is 5.83. The minimum atomic E-state index is -1.24. The first-order valence-electron chi connectivity index (χ1n) is 6.04. The third-order valence-corrected chi connectivity index (χ3v) is 3.18. The van der Waals surface area contributed by atoms with Gasteiger partial charge in [-0.2, -0.15) is 0 Å². The van der Waals surface area contributed by atoms with Crippen LogP contribution in [0.3, 0.4) is 0 Å². The molecule has 1 rings (SSSR count). The van der Waals surface area contributed by atoms with Crippen LogP contribution in [0.4, 0.5) is 4.79 Å². The lowest BCUT2D eigenvalue weighted by molar-refractivity contribution is -0.113. The van der Waals surface area contributed by atoms with Crippen LogP contribution < -0.4 is 5.32 Å². The largest absolute Gasteiger partial charge is 0.507 e. The van der Waals surface area contributed by atoms with E-state index in [-0.39, 0.29) is 5.75 Å². The number of hydrogen-bond acceptors (Lipinski definition) is 4. The lowest BCUT2D eigenvalue weighted by atomic mass is 9.94. The molecule has 0 saturated carbocycles. The second-order valence-corrected chi connectivity index (χ2v) is 6.47. The van der Waals surface area contributed by atoms with Crippen molar-refractivity contribution >= 4 is 28.3 Å². The number of carbonyl (C=O) groups excluding carboxylic acids is 2. The molecule has 0 heterocycles. The maximum Gasteiger partial charge on any atom is 0.408 e. The molecule has 110 valence electrons. The van der Waals surface area contributed by atoms with Crippen molar-refractivity contribution in [2.24, 2.45) is 0 Å². The maximum atomic E-state index is 11.8. The molecule has 5 nitrogen and oxygen atoms in total. The van der Waals surface area contributed by atoms with Gasteiger partial charge < -0.3 is 20.0 Å². The van der Waals surface area contributed by atoms with Crippen molar-refractivity contribution in [1.82, 2.24) is 5.32 Å². The van der Waals surface area contributed by atoms with Gasteiger partial charge >= 0.3 is 6.09 Å². The lowest BCUT2D eigenvalue weighted by Crippen LogP contribution is -2.46. The standard InChI is InChI=1S/C14H18BrNO4/c1-13(2,3)20-12(19)16-14(4,8-17)9-5-6-11(18)10(15)7-9/h5-8,18H,1-4H3,(H,16,19). The fourth-order valence-corrected chi connectivity index (χ4v) is 1.89. The summed E-state index contributed by atoms with van der Waals surface area (Å²) in [5.41, 5.74) is -1.36. The van der Waals surface area contributed by atoms with E-state index in [0.717, 1.165) is 0 Å². The van der Waals surface area contributed by atoms with E-state index in [1.165, 1.54) is 6.07 Å². The van der Waals surface area contributed by atoms with Gasteiger partial charge in [0.2, 0.25) is 0 Å². The quantitative estimate of drug-likeness (QED) is 0.827. The minimum Gasteiger partial charge on any atom is -0.507 e. The summed E-state index contributed by atoms with van der Waals surface area (Å²) >= 11 is 3.17. The molecule has 1 amide bonds. The molecule has 1 atom stereocenters. The summed E-state index contributed by atoms with van der Waals surface area (Å²) in [7, 11) is 0. The zero-order valence-electron chi connectivity index (χ0n) is 11.9. The highest BCUT2D eigenvalue weighted by atomic mass is 79.9. The summed E-state index contributed by atoms with van der Waals surface area (Å²) in [6.07, 6.45) is -0.0632. The SMILES string of the molecule is CC(C)(C)OC(=O)NC(C)(C=O)c1ccc(O)c(Br)c1. The molecular formula is C14H18BrNO4. The Bertz CT molecular complexity index is 524. The van der Waals surface area contributed by atoms with Crippen LogP contribution >= 0.6 is 15.9 Å². The number of rotatable bonds is 3. The minimum absolute atomic E-state index is 0.0549. The highest BCUT2D eigenvalue weighted by Gasteiger charge is 2.31. The van der Waals surface area contributed by atoms with E-state index in [2.05, 4.69) is 21.2 Å². The van der Waals surface area contributed by atoms with E-state index >= 15 is 0 Å². The van der Waals surface area contributed by atoms with Gasteiger partial charge in [0.1, 0.15) is 23.2 Å². The van der Waals surface area contributed by atoms with E-state index < -0.39 is 17.2 Å². The molecule has 0 aromatic heterocycles. The highest BCUT2D eigenvalue weighted by molar-refractivity contribution is 9.10. The van der Waals surface area contributed by atoms with Crippen LogP contribution in [0.1, 0.15) is 33.3 Å². The summed E-state index contributed by atoms with van der Waals surface area (Å²) in [6, 6.07) is 4.57. The summed E-state index contributed by atoms with van der Waals surface area (Å²) in [4.78, 5) is 23.2. The number of carbonyl (C=O) groups is 2. The Labute approximate surface area is 126 Å². The molecule has 1 unspecified atom stereocenters. The summed E-state index contributed by atoms with van der Waals surface area (Å²) in [5.74, 6) is 0.0549. The number of aldehydes is 1. The Morgan fingerprint density at radius 3 is 2.40 bits per heavy atom. The molecule has 0 fully saturated rings. The molecule has 1 aromatic rings. The van der Waals surface area contributed by atoms with Crippen LogP contribution in [0, 0.1) is 0 Å². The Morgan fingerprint density at radius 2 is 1.95 bits per heavy atom. The first-order valence-corrected chi connectivity index (χ1v) is 6.83. The smallest absolute Gasteiger partial charge is 0.408 e. The summed E-state index contributed by atoms with van der Waals surface area (Å²) in [5, 5.41) is 12.0. The van der Waals surface area contributed by atoms with Gasteiger partial charge in [0, 0.05) is 0 Å². The van der Waals surface area contributed by atoms with Crippen molar-refractivity contribution in [3.63, 3.8) is 0 Å². The van der Waals surface area contributed by atoms with E-state index in [1.807, 2.05) is 0 Å². The highest BCUT2D eigenvalue weighted by Crippen LogP contribution is 2.29. The van der Waals surface area contributed by atoms with E-state index in [4.69, 9.17) is 4.74 Å². The predicted octanol–water partition coefficient (Wildman–Crippen LogP) is 3.09.